The zero-order valence-corrected chi connectivity index (χ0v) is 8.74. The number of ether oxygens (including phenoxy) is 2. The maximum Gasteiger partial charge on any atom is 0.280 e. The summed E-state index contributed by atoms with van der Waals surface area (Å²) in [5.41, 5.74) is -0.261. The highest BCUT2D eigenvalue weighted by Gasteiger charge is 2.28. The molecule has 2 rings (SSSR count). The van der Waals surface area contributed by atoms with Crippen LogP contribution in [0.5, 0.6) is 0 Å². The molecule has 0 aromatic heterocycles. The number of hydrogen-bond acceptors (Lipinski definition) is 4. The molecule has 0 aliphatic carbocycles. The number of rotatable bonds is 2. The summed E-state index contributed by atoms with van der Waals surface area (Å²) in [5.74, 6) is -0.838. The average molecular weight is 248 g/mol. The average Bonchev–Trinajstić information content (AvgIpc) is 2.74. The van der Waals surface area contributed by atoms with E-state index in [-0.39, 0.29) is 10.6 Å². The minimum Gasteiger partial charge on any atom is -0.346 e. The summed E-state index contributed by atoms with van der Waals surface area (Å²) in [6, 6.07) is 1.92. The van der Waals surface area contributed by atoms with Crippen molar-refractivity contribution in [2.75, 3.05) is 13.2 Å². The lowest BCUT2D eigenvalue weighted by atomic mass is 10.1. The highest BCUT2D eigenvalue weighted by Crippen LogP contribution is 2.34. The smallest absolute Gasteiger partial charge is 0.280 e. The lowest BCUT2D eigenvalue weighted by molar-refractivity contribution is -0.386. The van der Waals surface area contributed by atoms with Gasteiger partial charge in [0.1, 0.15) is 5.82 Å². The van der Waals surface area contributed by atoms with E-state index in [0.29, 0.717) is 13.2 Å². The van der Waals surface area contributed by atoms with Crippen molar-refractivity contribution in [1.82, 2.24) is 0 Å². The van der Waals surface area contributed by atoms with Crippen LogP contribution in [0.15, 0.2) is 12.1 Å². The zero-order chi connectivity index (χ0) is 11.7. The Morgan fingerprint density at radius 2 is 2.06 bits per heavy atom. The van der Waals surface area contributed by atoms with Gasteiger partial charge in [0.15, 0.2) is 6.29 Å². The lowest BCUT2D eigenvalue weighted by Gasteiger charge is -2.10. The van der Waals surface area contributed by atoms with Gasteiger partial charge in [0.05, 0.1) is 34.8 Å². The molecule has 5 nitrogen and oxygen atoms in total. The summed E-state index contributed by atoms with van der Waals surface area (Å²) < 4.78 is 23.3. The van der Waals surface area contributed by atoms with E-state index in [1.165, 1.54) is 0 Å². The topological polar surface area (TPSA) is 61.6 Å². The molecule has 1 aromatic rings. The van der Waals surface area contributed by atoms with Crippen LogP contribution in [-0.4, -0.2) is 18.1 Å². The summed E-state index contributed by atoms with van der Waals surface area (Å²) >= 11 is 5.56. The number of halogens is 2. The van der Waals surface area contributed by atoms with E-state index in [9.17, 15) is 14.5 Å². The van der Waals surface area contributed by atoms with Gasteiger partial charge in [-0.15, -0.1) is 0 Å². The summed E-state index contributed by atoms with van der Waals surface area (Å²) in [6.07, 6.45) is -0.849. The fraction of sp³-hybridized carbons (Fsp3) is 0.333. The largest absolute Gasteiger partial charge is 0.346 e. The van der Waals surface area contributed by atoms with E-state index < -0.39 is 22.7 Å². The molecule has 1 aliphatic heterocycles. The van der Waals surface area contributed by atoms with Gasteiger partial charge in [0, 0.05) is 0 Å². The third kappa shape index (κ3) is 1.99. The second-order valence-corrected chi connectivity index (χ2v) is 3.56. The van der Waals surface area contributed by atoms with Crippen LogP contribution in [0, 0.1) is 15.9 Å². The molecule has 1 heterocycles. The van der Waals surface area contributed by atoms with Crippen molar-refractivity contribution in [3.63, 3.8) is 0 Å². The zero-order valence-electron chi connectivity index (χ0n) is 7.98. The Morgan fingerprint density at radius 1 is 1.44 bits per heavy atom. The van der Waals surface area contributed by atoms with Gasteiger partial charge in [0.2, 0.25) is 0 Å². The molecule has 1 aromatic carbocycles. The normalized spacial score (nSPS) is 16.6. The Morgan fingerprint density at radius 3 is 2.62 bits per heavy atom. The first-order valence-corrected chi connectivity index (χ1v) is 4.84. The molecule has 1 aliphatic rings. The molecule has 0 N–H and O–H groups in total. The van der Waals surface area contributed by atoms with Gasteiger partial charge >= 0.3 is 0 Å². The van der Waals surface area contributed by atoms with Gasteiger partial charge in [-0.1, -0.05) is 11.6 Å². The third-order valence-electron chi connectivity index (χ3n) is 2.14. The predicted molar refractivity (Wildman–Crippen MR) is 52.7 cm³/mol. The number of hydrogen-bond donors (Lipinski definition) is 0. The molecule has 0 unspecified atom stereocenters. The molecule has 86 valence electrons. The Labute approximate surface area is 94.9 Å². The molecule has 16 heavy (non-hydrogen) atoms. The molecule has 7 heteroatoms. The fourth-order valence-corrected chi connectivity index (χ4v) is 1.61. The molecule has 0 bridgehead atoms. The third-order valence-corrected chi connectivity index (χ3v) is 2.43. The summed E-state index contributed by atoms with van der Waals surface area (Å²) in [5, 5.41) is 10.5. The number of nitrogens with zero attached hydrogens (tertiary/aromatic N) is 1. The lowest BCUT2D eigenvalue weighted by Crippen LogP contribution is -2.04. The molecule has 0 atom stereocenters. The maximum absolute atomic E-state index is 13.1. The first kappa shape index (κ1) is 11.3. The van der Waals surface area contributed by atoms with E-state index in [4.69, 9.17) is 21.1 Å². The van der Waals surface area contributed by atoms with Crippen LogP contribution in [0.1, 0.15) is 11.9 Å². The van der Waals surface area contributed by atoms with Crippen LogP contribution >= 0.6 is 11.6 Å². The van der Waals surface area contributed by atoms with Crippen molar-refractivity contribution >= 4 is 17.3 Å². The van der Waals surface area contributed by atoms with Gasteiger partial charge in [-0.25, -0.2) is 4.39 Å². The van der Waals surface area contributed by atoms with Gasteiger partial charge in [-0.2, -0.15) is 0 Å². The van der Waals surface area contributed by atoms with Crippen LogP contribution in [-0.2, 0) is 9.47 Å². The van der Waals surface area contributed by atoms with E-state index in [1.54, 1.807) is 0 Å². The monoisotopic (exact) mass is 247 g/mol. The van der Waals surface area contributed by atoms with Crippen molar-refractivity contribution in [1.29, 1.82) is 0 Å². The Bertz CT molecular complexity index is 434. The van der Waals surface area contributed by atoms with Gasteiger partial charge in [0.25, 0.3) is 5.69 Å². The van der Waals surface area contributed by atoms with Crippen LogP contribution in [0.2, 0.25) is 5.02 Å². The quantitative estimate of drug-likeness (QED) is 0.595. The second-order valence-electron chi connectivity index (χ2n) is 3.16. The van der Waals surface area contributed by atoms with Crippen LogP contribution < -0.4 is 0 Å². The van der Waals surface area contributed by atoms with E-state index in [0.717, 1.165) is 12.1 Å². The van der Waals surface area contributed by atoms with Gasteiger partial charge < -0.3 is 9.47 Å². The summed E-state index contributed by atoms with van der Waals surface area (Å²) in [7, 11) is 0. The first-order valence-electron chi connectivity index (χ1n) is 4.46. The predicted octanol–water partition coefficient (Wildman–Crippen LogP) is 2.43. The summed E-state index contributed by atoms with van der Waals surface area (Å²) in [4.78, 5) is 10.0. The molecule has 1 saturated heterocycles. The Hall–Kier alpha value is -1.24. The van der Waals surface area contributed by atoms with Crippen LogP contribution in [0.4, 0.5) is 10.1 Å². The number of benzene rings is 1. The van der Waals surface area contributed by atoms with Crippen molar-refractivity contribution in [2.24, 2.45) is 0 Å². The number of nitro benzene ring substituents is 1. The first-order chi connectivity index (χ1) is 7.59. The maximum atomic E-state index is 13.1. The van der Waals surface area contributed by atoms with Crippen molar-refractivity contribution in [2.45, 2.75) is 6.29 Å². The van der Waals surface area contributed by atoms with Gasteiger partial charge in [-0.3, -0.25) is 10.1 Å². The standard InChI is InChI=1S/C9H7ClFNO4/c10-6-3-5(9-15-1-2-16-9)8(12(13)14)4-7(6)11/h3-4,9H,1-2H2. The molecular weight excluding hydrogens is 241 g/mol. The highest BCUT2D eigenvalue weighted by atomic mass is 35.5. The van der Waals surface area contributed by atoms with Crippen molar-refractivity contribution in [3.8, 4) is 0 Å². The fourth-order valence-electron chi connectivity index (χ4n) is 1.44. The van der Waals surface area contributed by atoms with Gasteiger partial charge in [-0.05, 0) is 6.07 Å². The van der Waals surface area contributed by atoms with Crippen LogP contribution in [0.3, 0.4) is 0 Å². The van der Waals surface area contributed by atoms with E-state index >= 15 is 0 Å². The van der Waals surface area contributed by atoms with E-state index in [2.05, 4.69) is 0 Å². The minimum atomic E-state index is -0.849. The Balaban J connectivity index is 2.48. The van der Waals surface area contributed by atoms with Crippen molar-refractivity contribution in [3.05, 3.63) is 38.7 Å². The molecule has 0 amide bonds. The van der Waals surface area contributed by atoms with E-state index in [1.807, 2.05) is 0 Å². The molecule has 0 radical (unpaired) electrons. The molecule has 1 fully saturated rings. The van der Waals surface area contributed by atoms with Crippen LogP contribution in [0.25, 0.3) is 0 Å². The molecular formula is C9H7ClFNO4. The molecule has 0 spiro atoms. The second kappa shape index (κ2) is 4.32. The molecule has 0 saturated carbocycles. The number of nitro groups is 1. The van der Waals surface area contributed by atoms with Crippen molar-refractivity contribution < 1.29 is 18.8 Å². The SMILES string of the molecule is O=[N+]([O-])c1cc(F)c(Cl)cc1C1OCCO1. The minimum absolute atomic E-state index is 0.133. The Kier molecular flexibility index (Phi) is 3.04. The summed E-state index contributed by atoms with van der Waals surface area (Å²) in [6.45, 7) is 0.688. The highest BCUT2D eigenvalue weighted by molar-refractivity contribution is 6.30.